The second-order valence-corrected chi connectivity index (χ2v) is 3.94. The van der Waals surface area contributed by atoms with Crippen LogP contribution in [0.2, 0.25) is 0 Å². The largest absolute Gasteiger partial charge is 0.198 e. The first-order chi connectivity index (χ1) is 6.31. The molecule has 0 N–H and O–H groups in total. The smallest absolute Gasteiger partial charge is 0.0652 e. The summed E-state index contributed by atoms with van der Waals surface area (Å²) in [5, 5.41) is 8.56. The Morgan fingerprint density at radius 3 is 2.08 bits per heavy atom. The van der Waals surface area contributed by atoms with E-state index in [0.717, 1.165) is 6.42 Å². The van der Waals surface area contributed by atoms with Gasteiger partial charge in [0, 0.05) is 5.92 Å². The molecule has 0 aromatic heterocycles. The van der Waals surface area contributed by atoms with E-state index in [1.807, 2.05) is 6.92 Å². The van der Waals surface area contributed by atoms with E-state index < -0.39 is 0 Å². The third kappa shape index (κ3) is 9.40. The van der Waals surface area contributed by atoms with Gasteiger partial charge in [-0.2, -0.15) is 5.26 Å². The van der Waals surface area contributed by atoms with Gasteiger partial charge in [0.05, 0.1) is 6.07 Å². The molecule has 0 radical (unpaired) electrons. The van der Waals surface area contributed by atoms with E-state index in [-0.39, 0.29) is 5.92 Å². The molecule has 0 bridgehead atoms. The van der Waals surface area contributed by atoms with Gasteiger partial charge in [-0.05, 0) is 13.3 Å². The lowest BCUT2D eigenvalue weighted by molar-refractivity contribution is 0.542. The van der Waals surface area contributed by atoms with Crippen LogP contribution in [0, 0.1) is 17.2 Å². The van der Waals surface area contributed by atoms with Crippen molar-refractivity contribution in [1.29, 1.82) is 5.26 Å². The standard InChI is InChI=1S/C12H23N/c1-3-4-5-6-7-8-9-10-12(2)11-13/h12H,3-10H2,1-2H3/t12-/m1/s1. The Kier molecular flexibility index (Phi) is 9.20. The van der Waals surface area contributed by atoms with E-state index in [2.05, 4.69) is 13.0 Å². The molecule has 0 aliphatic rings. The molecule has 0 aromatic carbocycles. The zero-order valence-electron chi connectivity index (χ0n) is 9.18. The van der Waals surface area contributed by atoms with Crippen molar-refractivity contribution in [2.24, 2.45) is 5.92 Å². The fraction of sp³-hybridized carbons (Fsp3) is 0.917. The molecule has 0 saturated carbocycles. The molecule has 0 unspecified atom stereocenters. The fourth-order valence-corrected chi connectivity index (χ4v) is 1.47. The summed E-state index contributed by atoms with van der Waals surface area (Å²) in [6.07, 6.45) is 10.5. The normalized spacial score (nSPS) is 12.4. The van der Waals surface area contributed by atoms with Gasteiger partial charge in [0.1, 0.15) is 0 Å². The summed E-state index contributed by atoms with van der Waals surface area (Å²) in [7, 11) is 0. The molecule has 1 atom stereocenters. The number of hydrogen-bond donors (Lipinski definition) is 0. The topological polar surface area (TPSA) is 23.8 Å². The molecule has 0 amide bonds. The summed E-state index contributed by atoms with van der Waals surface area (Å²) >= 11 is 0. The molecular weight excluding hydrogens is 158 g/mol. The molecule has 0 fully saturated rings. The second-order valence-electron chi connectivity index (χ2n) is 3.94. The number of nitriles is 1. The van der Waals surface area contributed by atoms with Crippen LogP contribution in [0.1, 0.15) is 65.2 Å². The molecule has 0 aliphatic carbocycles. The van der Waals surface area contributed by atoms with Gasteiger partial charge in [-0.1, -0.05) is 51.9 Å². The Balaban J connectivity index is 2.96. The minimum atomic E-state index is 0.260. The Bertz CT molecular complexity index is 135. The predicted molar refractivity (Wildman–Crippen MR) is 57.4 cm³/mol. The van der Waals surface area contributed by atoms with Crippen LogP contribution < -0.4 is 0 Å². The maximum atomic E-state index is 8.56. The summed E-state index contributed by atoms with van der Waals surface area (Å²) in [5.74, 6) is 0.260. The van der Waals surface area contributed by atoms with E-state index in [1.54, 1.807) is 0 Å². The molecule has 0 aliphatic heterocycles. The van der Waals surface area contributed by atoms with Gasteiger partial charge in [0.15, 0.2) is 0 Å². The molecule has 1 nitrogen and oxygen atoms in total. The molecule has 1 heteroatoms. The van der Waals surface area contributed by atoms with Crippen LogP contribution in [-0.2, 0) is 0 Å². The van der Waals surface area contributed by atoms with Crippen molar-refractivity contribution in [3.8, 4) is 6.07 Å². The molecule has 0 heterocycles. The molecule has 76 valence electrons. The van der Waals surface area contributed by atoms with Gasteiger partial charge in [-0.15, -0.1) is 0 Å². The van der Waals surface area contributed by atoms with Crippen molar-refractivity contribution in [3.63, 3.8) is 0 Å². The highest BCUT2D eigenvalue weighted by molar-refractivity contribution is 4.77. The van der Waals surface area contributed by atoms with Crippen LogP contribution in [0.4, 0.5) is 0 Å². The molecule has 0 saturated heterocycles. The first kappa shape index (κ1) is 12.5. The van der Waals surface area contributed by atoms with Crippen molar-refractivity contribution in [1.82, 2.24) is 0 Å². The summed E-state index contributed by atoms with van der Waals surface area (Å²) in [6.45, 7) is 4.26. The summed E-state index contributed by atoms with van der Waals surface area (Å²) < 4.78 is 0. The van der Waals surface area contributed by atoms with Crippen LogP contribution in [0.3, 0.4) is 0 Å². The summed E-state index contributed by atoms with van der Waals surface area (Å²) in [4.78, 5) is 0. The molecule has 13 heavy (non-hydrogen) atoms. The van der Waals surface area contributed by atoms with Gasteiger partial charge in [-0.3, -0.25) is 0 Å². The van der Waals surface area contributed by atoms with Crippen LogP contribution in [-0.4, -0.2) is 0 Å². The van der Waals surface area contributed by atoms with Crippen LogP contribution in [0.5, 0.6) is 0 Å². The average molecular weight is 181 g/mol. The number of unbranched alkanes of at least 4 members (excludes halogenated alkanes) is 6. The van der Waals surface area contributed by atoms with E-state index in [1.165, 1.54) is 44.9 Å². The SMILES string of the molecule is CCCCCCCCC[C@@H](C)C#N. The van der Waals surface area contributed by atoms with Gasteiger partial charge in [0.2, 0.25) is 0 Å². The zero-order chi connectivity index (χ0) is 9.94. The Hall–Kier alpha value is -0.510. The lowest BCUT2D eigenvalue weighted by Gasteiger charge is -2.02. The van der Waals surface area contributed by atoms with Crippen molar-refractivity contribution in [2.45, 2.75) is 65.2 Å². The highest BCUT2D eigenvalue weighted by atomic mass is 14.3. The third-order valence-electron chi connectivity index (χ3n) is 2.46. The molecular formula is C12H23N. The highest BCUT2D eigenvalue weighted by Crippen LogP contribution is 2.11. The van der Waals surface area contributed by atoms with Gasteiger partial charge in [-0.25, -0.2) is 0 Å². The fourth-order valence-electron chi connectivity index (χ4n) is 1.47. The van der Waals surface area contributed by atoms with E-state index >= 15 is 0 Å². The summed E-state index contributed by atoms with van der Waals surface area (Å²) in [5.41, 5.74) is 0. The minimum Gasteiger partial charge on any atom is -0.198 e. The van der Waals surface area contributed by atoms with E-state index in [9.17, 15) is 0 Å². The number of hydrogen-bond acceptors (Lipinski definition) is 1. The molecule has 0 spiro atoms. The second kappa shape index (κ2) is 9.58. The molecule has 0 rings (SSSR count). The van der Waals surface area contributed by atoms with Crippen molar-refractivity contribution in [3.05, 3.63) is 0 Å². The van der Waals surface area contributed by atoms with Crippen LogP contribution in [0.15, 0.2) is 0 Å². The van der Waals surface area contributed by atoms with Crippen molar-refractivity contribution in [2.75, 3.05) is 0 Å². The first-order valence-electron chi connectivity index (χ1n) is 5.70. The number of rotatable bonds is 8. The Morgan fingerprint density at radius 2 is 1.54 bits per heavy atom. The van der Waals surface area contributed by atoms with Crippen molar-refractivity contribution >= 4 is 0 Å². The van der Waals surface area contributed by atoms with Crippen LogP contribution >= 0.6 is 0 Å². The monoisotopic (exact) mass is 181 g/mol. The quantitative estimate of drug-likeness (QED) is 0.512. The first-order valence-corrected chi connectivity index (χ1v) is 5.70. The third-order valence-corrected chi connectivity index (χ3v) is 2.46. The van der Waals surface area contributed by atoms with E-state index in [0.29, 0.717) is 0 Å². The Morgan fingerprint density at radius 1 is 1.00 bits per heavy atom. The Labute approximate surface area is 83.1 Å². The minimum absolute atomic E-state index is 0.260. The zero-order valence-corrected chi connectivity index (χ0v) is 9.18. The van der Waals surface area contributed by atoms with Crippen molar-refractivity contribution < 1.29 is 0 Å². The number of nitrogens with zero attached hydrogens (tertiary/aromatic N) is 1. The van der Waals surface area contributed by atoms with Crippen LogP contribution in [0.25, 0.3) is 0 Å². The average Bonchev–Trinajstić information content (AvgIpc) is 2.16. The van der Waals surface area contributed by atoms with Gasteiger partial charge in [0.25, 0.3) is 0 Å². The maximum Gasteiger partial charge on any atom is 0.0652 e. The summed E-state index contributed by atoms with van der Waals surface area (Å²) in [6, 6.07) is 2.28. The highest BCUT2D eigenvalue weighted by Gasteiger charge is 1.98. The predicted octanol–water partition coefficient (Wildman–Crippen LogP) is 4.29. The lowest BCUT2D eigenvalue weighted by atomic mass is 10.0. The van der Waals surface area contributed by atoms with Gasteiger partial charge < -0.3 is 0 Å². The lowest BCUT2D eigenvalue weighted by Crippen LogP contribution is -1.89. The van der Waals surface area contributed by atoms with Gasteiger partial charge >= 0.3 is 0 Å². The van der Waals surface area contributed by atoms with E-state index in [4.69, 9.17) is 5.26 Å². The molecule has 0 aromatic rings. The maximum absolute atomic E-state index is 8.56.